The molecule has 0 aliphatic carbocycles. The van der Waals surface area contributed by atoms with E-state index in [2.05, 4.69) is 0 Å². The molecule has 0 amide bonds. The lowest BCUT2D eigenvalue weighted by Gasteiger charge is -2.30. The van der Waals surface area contributed by atoms with Gasteiger partial charge in [0.2, 0.25) is 0 Å². The predicted octanol–water partition coefficient (Wildman–Crippen LogP) is 6.05. The molecule has 2 nitrogen and oxygen atoms in total. The molecule has 0 fully saturated rings. The fraction of sp³-hybridized carbons (Fsp3) is 0.250. The monoisotopic (exact) mass is 413 g/mol. The van der Waals surface area contributed by atoms with Crippen LogP contribution in [0.2, 0.25) is 5.02 Å². The molecule has 5 heteroatoms. The highest BCUT2D eigenvalue weighted by atomic mass is 35.5. The molecule has 0 saturated heterocycles. The van der Waals surface area contributed by atoms with E-state index >= 15 is 0 Å². The Labute approximate surface area is 174 Å². The largest absolute Gasteiger partial charge is 0.482 e. The van der Waals surface area contributed by atoms with Crippen molar-refractivity contribution in [2.45, 2.75) is 31.0 Å². The summed E-state index contributed by atoms with van der Waals surface area (Å²) >= 11 is 6.39. The quantitative estimate of drug-likeness (QED) is 0.533. The predicted molar refractivity (Wildman–Crippen MR) is 112 cm³/mol. The Morgan fingerprint density at radius 2 is 1.72 bits per heavy atom. The van der Waals surface area contributed by atoms with Crippen LogP contribution in [0.3, 0.4) is 0 Å². The molecule has 0 radical (unpaired) electrons. The molecule has 0 spiro atoms. The lowest BCUT2D eigenvalue weighted by molar-refractivity contribution is 0.0709. The molecule has 2 unspecified atom stereocenters. The molecule has 0 bridgehead atoms. The van der Waals surface area contributed by atoms with Gasteiger partial charge < -0.3 is 10.5 Å². The minimum Gasteiger partial charge on any atom is -0.482 e. The maximum atomic E-state index is 14.7. The van der Waals surface area contributed by atoms with E-state index in [-0.39, 0.29) is 18.0 Å². The average molecular weight is 414 g/mol. The van der Waals surface area contributed by atoms with E-state index in [4.69, 9.17) is 22.1 Å². The van der Waals surface area contributed by atoms with Crippen LogP contribution in [0.25, 0.3) is 11.1 Å². The third-order valence-electron chi connectivity index (χ3n) is 5.53. The van der Waals surface area contributed by atoms with E-state index in [9.17, 15) is 8.78 Å². The number of fused-ring (bicyclic) bond motifs is 1. The number of alkyl halides is 1. The van der Waals surface area contributed by atoms with Crippen LogP contribution in [0.1, 0.15) is 24.0 Å². The minimum atomic E-state index is -1.11. The number of rotatable bonds is 6. The number of hydrogen-bond acceptors (Lipinski definition) is 2. The zero-order valence-corrected chi connectivity index (χ0v) is 16.6. The topological polar surface area (TPSA) is 35.2 Å². The molecule has 1 aliphatic rings. The molecule has 1 heterocycles. The molecule has 1 aliphatic heterocycles. The summed E-state index contributed by atoms with van der Waals surface area (Å²) in [6, 6.07) is 20.5. The van der Waals surface area contributed by atoms with Crippen molar-refractivity contribution in [3.63, 3.8) is 0 Å². The summed E-state index contributed by atoms with van der Waals surface area (Å²) in [7, 11) is 0. The lowest BCUT2D eigenvalue weighted by atomic mass is 9.83. The third-order valence-corrected chi connectivity index (χ3v) is 5.90. The van der Waals surface area contributed by atoms with Crippen molar-refractivity contribution in [2.24, 2.45) is 5.73 Å². The van der Waals surface area contributed by atoms with Gasteiger partial charge in [-0.25, -0.2) is 8.78 Å². The smallest absolute Gasteiger partial charge is 0.146 e. The van der Waals surface area contributed by atoms with Gasteiger partial charge >= 0.3 is 0 Å². The van der Waals surface area contributed by atoms with E-state index < -0.39 is 17.6 Å². The Bertz CT molecular complexity index is 997. The first-order valence-electron chi connectivity index (χ1n) is 9.69. The minimum absolute atomic E-state index is 0.0342. The Hall–Kier alpha value is -2.43. The summed E-state index contributed by atoms with van der Waals surface area (Å²) in [6.45, 7) is -0.0342. The van der Waals surface area contributed by atoms with Crippen LogP contribution >= 0.6 is 11.6 Å². The second-order valence-corrected chi connectivity index (χ2v) is 7.78. The van der Waals surface area contributed by atoms with E-state index in [0.717, 1.165) is 16.7 Å². The van der Waals surface area contributed by atoms with Crippen LogP contribution in [0.4, 0.5) is 8.78 Å². The molecule has 0 aromatic heterocycles. The van der Waals surface area contributed by atoms with Gasteiger partial charge in [-0.3, -0.25) is 0 Å². The lowest BCUT2D eigenvalue weighted by Crippen LogP contribution is -2.33. The van der Waals surface area contributed by atoms with Gasteiger partial charge in [-0.15, -0.1) is 0 Å². The van der Waals surface area contributed by atoms with Gasteiger partial charge in [0.1, 0.15) is 23.3 Å². The summed E-state index contributed by atoms with van der Waals surface area (Å²) in [5.41, 5.74) is 7.92. The zero-order chi connectivity index (χ0) is 20.4. The molecular weight excluding hydrogens is 392 g/mol. The second-order valence-electron chi connectivity index (χ2n) is 7.40. The number of hydrogen-bond donors (Lipinski definition) is 1. The summed E-state index contributed by atoms with van der Waals surface area (Å²) in [6.07, 6.45) is 0.0543. The highest BCUT2D eigenvalue weighted by Crippen LogP contribution is 2.50. The normalized spacial score (nSPS) is 18.9. The van der Waals surface area contributed by atoms with Crippen molar-refractivity contribution in [1.82, 2.24) is 0 Å². The summed E-state index contributed by atoms with van der Waals surface area (Å²) in [4.78, 5) is 0. The highest BCUT2D eigenvalue weighted by Gasteiger charge is 2.43. The molecule has 150 valence electrons. The van der Waals surface area contributed by atoms with Crippen LogP contribution in [-0.4, -0.2) is 12.7 Å². The zero-order valence-electron chi connectivity index (χ0n) is 15.9. The molecule has 3 aromatic rings. The number of nitrogens with two attached hydrogens (primary N) is 1. The van der Waals surface area contributed by atoms with Gasteiger partial charge in [0, 0.05) is 30.2 Å². The fourth-order valence-electron chi connectivity index (χ4n) is 4.04. The van der Waals surface area contributed by atoms with Crippen molar-refractivity contribution in [2.75, 3.05) is 6.54 Å². The van der Waals surface area contributed by atoms with Crippen molar-refractivity contribution in [3.8, 4) is 16.9 Å². The molecular formula is C24H22ClF2NO. The molecule has 2 N–H and O–H groups in total. The third kappa shape index (κ3) is 3.75. The number of benzene rings is 3. The fourth-order valence-corrected chi connectivity index (χ4v) is 4.32. The van der Waals surface area contributed by atoms with Crippen LogP contribution in [0.15, 0.2) is 66.7 Å². The van der Waals surface area contributed by atoms with E-state index in [1.54, 1.807) is 0 Å². The first kappa shape index (κ1) is 19.9. The Kier molecular flexibility index (Phi) is 5.57. The van der Waals surface area contributed by atoms with Crippen molar-refractivity contribution >= 4 is 11.6 Å². The van der Waals surface area contributed by atoms with Gasteiger partial charge in [-0.05, 0) is 24.0 Å². The summed E-state index contributed by atoms with van der Waals surface area (Å²) in [5, 5.41) is 0.0766. The van der Waals surface area contributed by atoms with Crippen LogP contribution in [-0.2, 0) is 12.0 Å². The Balaban J connectivity index is 1.82. The Morgan fingerprint density at radius 1 is 1.07 bits per heavy atom. The highest BCUT2D eigenvalue weighted by molar-refractivity contribution is 6.33. The van der Waals surface area contributed by atoms with Crippen LogP contribution in [0.5, 0.6) is 5.75 Å². The standard InChI is InChI=1S/C24H22ClF2NO/c25-23-20(27)13-21-19(22(23)16-7-3-1-4-8-16)14-24(29-21,12-11-18(26)15-28)17-9-5-2-6-10-17/h1-10,13,18H,11-12,14-15,28H2. The SMILES string of the molecule is NCC(F)CCC1(c2ccccc2)Cc2c(cc(F)c(Cl)c2-c2ccccc2)O1. The van der Waals surface area contributed by atoms with E-state index in [0.29, 0.717) is 24.2 Å². The van der Waals surface area contributed by atoms with Crippen molar-refractivity contribution in [1.29, 1.82) is 0 Å². The summed E-state index contributed by atoms with van der Waals surface area (Å²) in [5.74, 6) is -0.0729. The molecule has 3 aromatic carbocycles. The van der Waals surface area contributed by atoms with Gasteiger partial charge in [0.25, 0.3) is 0 Å². The maximum absolute atomic E-state index is 14.7. The molecule has 4 rings (SSSR count). The van der Waals surface area contributed by atoms with Crippen molar-refractivity contribution in [3.05, 3.63) is 88.7 Å². The van der Waals surface area contributed by atoms with Gasteiger partial charge in [0.05, 0.1) is 5.02 Å². The second kappa shape index (κ2) is 8.13. The van der Waals surface area contributed by atoms with Gasteiger partial charge in [-0.2, -0.15) is 0 Å². The first-order valence-corrected chi connectivity index (χ1v) is 10.1. The van der Waals surface area contributed by atoms with E-state index in [1.165, 1.54) is 6.07 Å². The van der Waals surface area contributed by atoms with E-state index in [1.807, 2.05) is 60.7 Å². The number of halogens is 3. The number of ether oxygens (including phenoxy) is 1. The van der Waals surface area contributed by atoms with Crippen LogP contribution < -0.4 is 10.5 Å². The van der Waals surface area contributed by atoms with Gasteiger partial charge in [0.15, 0.2) is 0 Å². The molecule has 2 atom stereocenters. The molecule has 29 heavy (non-hydrogen) atoms. The maximum Gasteiger partial charge on any atom is 0.146 e. The summed E-state index contributed by atoms with van der Waals surface area (Å²) < 4.78 is 35.0. The molecule has 0 saturated carbocycles. The Morgan fingerprint density at radius 3 is 2.38 bits per heavy atom. The average Bonchev–Trinajstić information content (AvgIpc) is 3.13. The first-order chi connectivity index (χ1) is 14.0. The van der Waals surface area contributed by atoms with Crippen molar-refractivity contribution < 1.29 is 13.5 Å². The van der Waals surface area contributed by atoms with Crippen LogP contribution in [0, 0.1) is 5.82 Å². The van der Waals surface area contributed by atoms with Gasteiger partial charge in [-0.1, -0.05) is 72.3 Å².